The van der Waals surface area contributed by atoms with E-state index >= 15 is 0 Å². The number of aromatic nitrogens is 2. The van der Waals surface area contributed by atoms with Crippen molar-refractivity contribution in [1.82, 2.24) is 9.78 Å². The summed E-state index contributed by atoms with van der Waals surface area (Å²) in [5.74, 6) is 0. The van der Waals surface area contributed by atoms with Gasteiger partial charge in [-0.2, -0.15) is 5.10 Å². The molecule has 0 amide bonds. The third-order valence-electron chi connectivity index (χ3n) is 4.72. The van der Waals surface area contributed by atoms with E-state index in [0.717, 1.165) is 35.7 Å². The van der Waals surface area contributed by atoms with Gasteiger partial charge in [0, 0.05) is 5.69 Å². The molecule has 3 aromatic rings. The van der Waals surface area contributed by atoms with Crippen LogP contribution in [0.5, 0.6) is 0 Å². The lowest BCUT2D eigenvalue weighted by atomic mass is 10.1. The predicted octanol–water partition coefficient (Wildman–Crippen LogP) is 5.23. The van der Waals surface area contributed by atoms with Crippen molar-refractivity contribution in [2.75, 3.05) is 10.6 Å². The van der Waals surface area contributed by atoms with E-state index in [1.54, 1.807) is 0 Å². The first-order chi connectivity index (χ1) is 13.0. The minimum absolute atomic E-state index is 0.581. The van der Waals surface area contributed by atoms with Crippen LogP contribution in [0.25, 0.3) is 0 Å². The standard InChI is InChI=1S/C22H26N4S/c1-5-19-8-6-7-9-20(19)23-22(27)24-21-16(3)25-26(17(21)4)14-18-12-10-15(2)11-13-18/h6-13H,5,14H2,1-4H3,(H2,23,24,27). The zero-order valence-corrected chi connectivity index (χ0v) is 17.2. The molecule has 4 nitrogen and oxygen atoms in total. The average Bonchev–Trinajstić information content (AvgIpc) is 2.91. The number of nitrogens with zero attached hydrogens (tertiary/aromatic N) is 2. The second-order valence-corrected chi connectivity index (χ2v) is 7.19. The van der Waals surface area contributed by atoms with E-state index in [0.29, 0.717) is 5.11 Å². The van der Waals surface area contributed by atoms with Crippen LogP contribution >= 0.6 is 12.2 Å². The summed E-state index contributed by atoms with van der Waals surface area (Å²) in [5.41, 5.74) is 7.75. The van der Waals surface area contributed by atoms with Crippen LogP contribution in [0.15, 0.2) is 48.5 Å². The molecule has 140 valence electrons. The number of hydrogen-bond acceptors (Lipinski definition) is 2. The highest BCUT2D eigenvalue weighted by Gasteiger charge is 2.13. The van der Waals surface area contributed by atoms with Gasteiger partial charge in [-0.05, 0) is 56.6 Å². The molecule has 1 aromatic heterocycles. The van der Waals surface area contributed by atoms with Crippen molar-refractivity contribution in [3.05, 3.63) is 76.6 Å². The molecule has 0 aliphatic carbocycles. The van der Waals surface area contributed by atoms with Crippen LogP contribution < -0.4 is 10.6 Å². The van der Waals surface area contributed by atoms with Crippen molar-refractivity contribution in [3.63, 3.8) is 0 Å². The van der Waals surface area contributed by atoms with Crippen molar-refractivity contribution in [2.24, 2.45) is 0 Å². The van der Waals surface area contributed by atoms with E-state index in [4.69, 9.17) is 12.2 Å². The van der Waals surface area contributed by atoms with Gasteiger partial charge in [0.2, 0.25) is 0 Å². The highest BCUT2D eigenvalue weighted by molar-refractivity contribution is 7.80. The van der Waals surface area contributed by atoms with Gasteiger partial charge in [-0.3, -0.25) is 4.68 Å². The molecule has 0 fully saturated rings. The molecule has 5 heteroatoms. The Kier molecular flexibility index (Phi) is 5.91. The van der Waals surface area contributed by atoms with Crippen LogP contribution in [0.1, 0.15) is 35.0 Å². The third kappa shape index (κ3) is 4.55. The summed E-state index contributed by atoms with van der Waals surface area (Å²) < 4.78 is 2.02. The summed E-state index contributed by atoms with van der Waals surface area (Å²) in [6.07, 6.45) is 0.957. The lowest BCUT2D eigenvalue weighted by molar-refractivity contribution is 0.659. The summed E-state index contributed by atoms with van der Waals surface area (Å²) >= 11 is 5.54. The van der Waals surface area contributed by atoms with E-state index in [1.165, 1.54) is 16.7 Å². The predicted molar refractivity (Wildman–Crippen MR) is 118 cm³/mol. The summed E-state index contributed by atoms with van der Waals surface area (Å²) in [6, 6.07) is 16.8. The SMILES string of the molecule is CCc1ccccc1NC(=S)Nc1c(C)nn(Cc2ccc(C)cc2)c1C. The number of rotatable bonds is 5. The van der Waals surface area contributed by atoms with E-state index in [1.807, 2.05) is 29.8 Å². The Morgan fingerprint density at radius 1 is 1.00 bits per heavy atom. The second kappa shape index (κ2) is 8.35. The molecule has 2 aromatic carbocycles. The Morgan fingerprint density at radius 3 is 2.41 bits per heavy atom. The molecule has 0 radical (unpaired) electrons. The number of hydrogen-bond donors (Lipinski definition) is 2. The molecule has 27 heavy (non-hydrogen) atoms. The Balaban J connectivity index is 1.74. The van der Waals surface area contributed by atoms with Gasteiger partial charge in [-0.15, -0.1) is 0 Å². The van der Waals surface area contributed by atoms with Crippen LogP contribution in [0, 0.1) is 20.8 Å². The molecule has 2 N–H and O–H groups in total. The fourth-order valence-corrected chi connectivity index (χ4v) is 3.33. The first-order valence-electron chi connectivity index (χ1n) is 9.23. The summed E-state index contributed by atoms with van der Waals surface area (Å²) in [4.78, 5) is 0. The van der Waals surface area contributed by atoms with Gasteiger partial charge in [0.15, 0.2) is 5.11 Å². The van der Waals surface area contributed by atoms with Gasteiger partial charge in [0.1, 0.15) is 0 Å². The van der Waals surface area contributed by atoms with Crippen molar-refractivity contribution in [3.8, 4) is 0 Å². The van der Waals surface area contributed by atoms with Gasteiger partial charge in [0.25, 0.3) is 0 Å². The van der Waals surface area contributed by atoms with Gasteiger partial charge >= 0.3 is 0 Å². The van der Waals surface area contributed by atoms with Gasteiger partial charge in [0.05, 0.1) is 23.6 Å². The van der Waals surface area contributed by atoms with E-state index < -0.39 is 0 Å². The number of benzene rings is 2. The minimum atomic E-state index is 0.581. The van der Waals surface area contributed by atoms with E-state index in [-0.39, 0.29) is 0 Å². The van der Waals surface area contributed by atoms with Gasteiger partial charge < -0.3 is 10.6 Å². The number of anilines is 2. The molecule has 1 heterocycles. The molecule has 0 spiro atoms. The Morgan fingerprint density at radius 2 is 1.70 bits per heavy atom. The molecule has 0 bridgehead atoms. The van der Waals surface area contributed by atoms with Gasteiger partial charge in [-0.1, -0.05) is 55.0 Å². The Labute approximate surface area is 166 Å². The maximum Gasteiger partial charge on any atom is 0.175 e. The summed E-state index contributed by atoms with van der Waals surface area (Å²) in [7, 11) is 0. The van der Waals surface area contributed by atoms with Crippen LogP contribution in [0.3, 0.4) is 0 Å². The Bertz CT molecular complexity index is 941. The Hall–Kier alpha value is -2.66. The normalized spacial score (nSPS) is 10.7. The molecular weight excluding hydrogens is 352 g/mol. The molecule has 0 unspecified atom stereocenters. The van der Waals surface area contributed by atoms with Crippen molar-refractivity contribution >= 4 is 28.7 Å². The number of para-hydroxylation sites is 1. The van der Waals surface area contributed by atoms with Crippen LogP contribution in [0.2, 0.25) is 0 Å². The molecular formula is C22H26N4S. The number of thiocarbonyl (C=S) groups is 1. The molecule has 0 aliphatic heterocycles. The summed E-state index contributed by atoms with van der Waals surface area (Å²) in [5, 5.41) is 11.9. The maximum absolute atomic E-state index is 5.54. The number of aryl methyl sites for hydroxylation is 3. The van der Waals surface area contributed by atoms with Crippen molar-refractivity contribution < 1.29 is 0 Å². The van der Waals surface area contributed by atoms with Crippen molar-refractivity contribution in [2.45, 2.75) is 40.7 Å². The zero-order chi connectivity index (χ0) is 19.4. The van der Waals surface area contributed by atoms with Crippen LogP contribution in [-0.4, -0.2) is 14.9 Å². The zero-order valence-electron chi connectivity index (χ0n) is 16.3. The summed E-state index contributed by atoms with van der Waals surface area (Å²) in [6.45, 7) is 9.05. The van der Waals surface area contributed by atoms with Crippen LogP contribution in [0.4, 0.5) is 11.4 Å². The quantitative estimate of drug-likeness (QED) is 0.597. The minimum Gasteiger partial charge on any atom is -0.332 e. The molecule has 0 atom stereocenters. The fourth-order valence-electron chi connectivity index (χ4n) is 3.12. The second-order valence-electron chi connectivity index (χ2n) is 6.78. The lowest BCUT2D eigenvalue weighted by Crippen LogP contribution is -2.20. The van der Waals surface area contributed by atoms with E-state index in [9.17, 15) is 0 Å². The maximum atomic E-state index is 5.54. The highest BCUT2D eigenvalue weighted by atomic mass is 32.1. The van der Waals surface area contributed by atoms with Crippen LogP contribution in [-0.2, 0) is 13.0 Å². The lowest BCUT2D eigenvalue weighted by Gasteiger charge is -2.14. The van der Waals surface area contributed by atoms with E-state index in [2.05, 4.69) is 66.8 Å². The highest BCUT2D eigenvalue weighted by Crippen LogP contribution is 2.22. The topological polar surface area (TPSA) is 41.9 Å². The number of nitrogens with one attached hydrogen (secondary N) is 2. The largest absolute Gasteiger partial charge is 0.332 e. The third-order valence-corrected chi connectivity index (χ3v) is 4.92. The smallest absolute Gasteiger partial charge is 0.175 e. The fraction of sp³-hybridized carbons (Fsp3) is 0.273. The molecule has 0 saturated heterocycles. The first kappa shape index (κ1) is 19.1. The molecule has 0 saturated carbocycles. The van der Waals surface area contributed by atoms with Gasteiger partial charge in [-0.25, -0.2) is 0 Å². The molecule has 3 rings (SSSR count). The van der Waals surface area contributed by atoms with Crippen molar-refractivity contribution in [1.29, 1.82) is 0 Å². The molecule has 0 aliphatic rings. The monoisotopic (exact) mass is 378 g/mol. The average molecular weight is 379 g/mol. The first-order valence-corrected chi connectivity index (χ1v) is 9.64.